The molecule has 0 aromatic heterocycles. The van der Waals surface area contributed by atoms with Gasteiger partial charge in [-0.1, -0.05) is 0 Å². The molecule has 0 radical (unpaired) electrons. The van der Waals surface area contributed by atoms with Crippen molar-refractivity contribution in [3.05, 3.63) is 66.2 Å². The van der Waals surface area contributed by atoms with Crippen molar-refractivity contribution in [2.75, 3.05) is 6.61 Å². The maximum absolute atomic E-state index is 12.4. The fourth-order valence-electron chi connectivity index (χ4n) is 2.25. The summed E-state index contributed by atoms with van der Waals surface area (Å²) in [6.07, 6.45) is 0.341. The van der Waals surface area contributed by atoms with Crippen LogP contribution in [0.5, 0.6) is 0 Å². The first-order chi connectivity index (χ1) is 11.8. The molecular weight excluding hydrogens is 399 g/mol. The fraction of sp³-hybridized carbons (Fsp3) is 0.381. The Morgan fingerprint density at radius 1 is 1.04 bits per heavy atom. The molecule has 2 aromatic carbocycles. The Bertz CT molecular complexity index is 653. The van der Waals surface area contributed by atoms with Crippen LogP contribution in [0.1, 0.15) is 38.1 Å². The number of benzene rings is 2. The van der Waals surface area contributed by atoms with E-state index in [-0.39, 0.29) is 36.5 Å². The van der Waals surface area contributed by atoms with Crippen LogP contribution < -0.4 is 4.46 Å². The first kappa shape index (κ1) is 20.0. The van der Waals surface area contributed by atoms with Crippen LogP contribution in [0.15, 0.2) is 60.7 Å². The number of halogens is 1. The van der Waals surface area contributed by atoms with Crippen LogP contribution in [-0.4, -0.2) is 27.5 Å². The van der Waals surface area contributed by atoms with Gasteiger partial charge in [-0.25, -0.2) is 0 Å². The number of carbonyl (C=O) groups is 1. The van der Waals surface area contributed by atoms with Crippen LogP contribution in [0.25, 0.3) is 0 Å². The Morgan fingerprint density at radius 3 is 2.16 bits per heavy atom. The summed E-state index contributed by atoms with van der Waals surface area (Å²) in [5.74, 6) is -0.167. The molecule has 0 saturated carbocycles. The monoisotopic (exact) mass is 424 g/mol. The van der Waals surface area contributed by atoms with Gasteiger partial charge in [0, 0.05) is 0 Å². The summed E-state index contributed by atoms with van der Waals surface area (Å²) in [6.45, 7) is 6.59. The Labute approximate surface area is 162 Å². The van der Waals surface area contributed by atoms with Crippen molar-refractivity contribution in [3.8, 4) is 0 Å². The topological polar surface area (TPSA) is 26.3 Å². The molecule has 0 amide bonds. The second-order valence-electron chi connectivity index (χ2n) is 7.21. The zero-order valence-electron chi connectivity index (χ0n) is 14.9. The second kappa shape index (κ2) is 9.43. The number of carbonyl (C=O) groups excluding carboxylic acids is 1. The number of hydrogen-bond acceptors (Lipinski definition) is 2. The number of rotatable bonds is 7. The van der Waals surface area contributed by atoms with Crippen molar-refractivity contribution < 1.29 is 9.53 Å². The van der Waals surface area contributed by atoms with Crippen LogP contribution >= 0.6 is 11.6 Å². The van der Waals surface area contributed by atoms with Crippen molar-refractivity contribution in [1.29, 1.82) is 0 Å². The quantitative estimate of drug-likeness (QED) is 0.364. The Balaban J connectivity index is 2.10. The van der Waals surface area contributed by atoms with Crippen molar-refractivity contribution in [2.24, 2.45) is 5.41 Å². The minimum atomic E-state index is -0.205. The zero-order chi connectivity index (χ0) is 18.3. The summed E-state index contributed by atoms with van der Waals surface area (Å²) < 4.78 is 6.71. The number of ether oxygens (including phenoxy) is 1. The van der Waals surface area contributed by atoms with Crippen LogP contribution in [-0.2, 0) is 9.53 Å². The van der Waals surface area contributed by atoms with Crippen LogP contribution in [0.4, 0.5) is 0 Å². The molecule has 0 fully saturated rings. The normalized spacial score (nSPS) is 13.9. The van der Waals surface area contributed by atoms with Crippen LogP contribution in [0, 0.1) is 5.41 Å². The Kier molecular flexibility index (Phi) is 7.55. The summed E-state index contributed by atoms with van der Waals surface area (Å²) >= 11 is 6.85. The SMILES string of the molecule is CC(C)(C)COC(=O)C[C@@H]([Se]c1ccccc1)[C@@H](Cl)c1ccccc1. The molecule has 0 saturated heterocycles. The van der Waals surface area contributed by atoms with Crippen LogP contribution in [0.3, 0.4) is 0 Å². The summed E-state index contributed by atoms with van der Waals surface area (Å²) in [4.78, 5) is 12.4. The summed E-state index contributed by atoms with van der Waals surface area (Å²) in [5, 5.41) is -0.205. The molecule has 2 rings (SSSR count). The van der Waals surface area contributed by atoms with Crippen molar-refractivity contribution in [2.45, 2.75) is 37.4 Å². The Morgan fingerprint density at radius 2 is 1.60 bits per heavy atom. The van der Waals surface area contributed by atoms with E-state index in [1.54, 1.807) is 0 Å². The van der Waals surface area contributed by atoms with E-state index in [0.29, 0.717) is 13.0 Å². The molecule has 2 nitrogen and oxygen atoms in total. The van der Waals surface area contributed by atoms with Gasteiger partial charge in [0.05, 0.1) is 0 Å². The fourth-order valence-corrected chi connectivity index (χ4v) is 5.19. The van der Waals surface area contributed by atoms with E-state index < -0.39 is 0 Å². The molecule has 0 aliphatic carbocycles. The van der Waals surface area contributed by atoms with Crippen molar-refractivity contribution >= 4 is 37.0 Å². The van der Waals surface area contributed by atoms with Crippen molar-refractivity contribution in [3.63, 3.8) is 0 Å². The first-order valence-electron chi connectivity index (χ1n) is 8.41. The summed E-state index contributed by atoms with van der Waals surface area (Å²) in [5.41, 5.74) is 1.02. The van der Waals surface area contributed by atoms with Gasteiger partial charge in [0.15, 0.2) is 0 Å². The van der Waals surface area contributed by atoms with E-state index in [1.165, 1.54) is 4.46 Å². The van der Waals surface area contributed by atoms with Gasteiger partial charge in [-0.05, 0) is 0 Å². The number of esters is 1. The minimum absolute atomic E-state index is 0.0322. The molecule has 25 heavy (non-hydrogen) atoms. The molecule has 0 spiro atoms. The van der Waals surface area contributed by atoms with Gasteiger partial charge >= 0.3 is 162 Å². The van der Waals surface area contributed by atoms with E-state index in [2.05, 4.69) is 32.9 Å². The van der Waals surface area contributed by atoms with E-state index in [0.717, 1.165) is 5.56 Å². The molecule has 4 heteroatoms. The van der Waals surface area contributed by atoms with Gasteiger partial charge in [0.1, 0.15) is 0 Å². The molecule has 0 heterocycles. The molecule has 0 bridgehead atoms. The summed E-state index contributed by atoms with van der Waals surface area (Å²) in [7, 11) is 0. The molecule has 0 N–H and O–H groups in total. The molecule has 2 atom stereocenters. The number of alkyl halides is 1. The average Bonchev–Trinajstić information content (AvgIpc) is 2.60. The summed E-state index contributed by atoms with van der Waals surface area (Å²) in [6, 6.07) is 20.2. The zero-order valence-corrected chi connectivity index (χ0v) is 17.4. The van der Waals surface area contributed by atoms with Gasteiger partial charge in [-0.3, -0.25) is 0 Å². The molecule has 134 valence electrons. The predicted octanol–water partition coefficient (Wildman–Crippen LogP) is 4.76. The molecule has 0 aliphatic heterocycles. The van der Waals surface area contributed by atoms with Crippen molar-refractivity contribution in [1.82, 2.24) is 0 Å². The van der Waals surface area contributed by atoms with Gasteiger partial charge in [-0.2, -0.15) is 0 Å². The van der Waals surface area contributed by atoms with Gasteiger partial charge in [-0.15, -0.1) is 0 Å². The Hall–Kier alpha value is -1.28. The van der Waals surface area contributed by atoms with Gasteiger partial charge < -0.3 is 0 Å². The standard InChI is InChI=1S/C21H25ClO2Se/c1-21(2,3)15-24-19(23)14-18(25-17-12-8-5-9-13-17)20(22)16-10-6-4-7-11-16/h4-13,18,20H,14-15H2,1-3H3/t18-,20+/m1/s1. The molecule has 0 aliphatic rings. The molecule has 0 unspecified atom stereocenters. The molecule has 2 aromatic rings. The maximum atomic E-state index is 12.4. The second-order valence-corrected chi connectivity index (χ2v) is 10.4. The van der Waals surface area contributed by atoms with E-state index in [4.69, 9.17) is 16.3 Å². The van der Waals surface area contributed by atoms with E-state index in [1.807, 2.05) is 48.5 Å². The van der Waals surface area contributed by atoms with Gasteiger partial charge in [0.2, 0.25) is 0 Å². The van der Waals surface area contributed by atoms with Gasteiger partial charge in [0.25, 0.3) is 0 Å². The third kappa shape index (κ3) is 7.23. The third-order valence-corrected chi connectivity index (χ3v) is 7.10. The van der Waals surface area contributed by atoms with E-state index in [9.17, 15) is 4.79 Å². The van der Waals surface area contributed by atoms with E-state index >= 15 is 0 Å². The third-order valence-electron chi connectivity index (χ3n) is 3.51. The molecular formula is C21H25ClO2Se. The first-order valence-corrected chi connectivity index (χ1v) is 10.7. The average molecular weight is 424 g/mol. The van der Waals surface area contributed by atoms with Crippen LogP contribution in [0.2, 0.25) is 4.82 Å². The number of hydrogen-bond donors (Lipinski definition) is 0. The predicted molar refractivity (Wildman–Crippen MR) is 106 cm³/mol.